The first kappa shape index (κ1) is 18.7. The summed E-state index contributed by atoms with van der Waals surface area (Å²) in [6.45, 7) is 4.18. The summed E-state index contributed by atoms with van der Waals surface area (Å²) in [6.07, 6.45) is 3.07. The summed E-state index contributed by atoms with van der Waals surface area (Å²) in [4.78, 5) is 33.2. The molecule has 1 aromatic carbocycles. The fourth-order valence-electron chi connectivity index (χ4n) is 3.19. The van der Waals surface area contributed by atoms with Crippen molar-refractivity contribution in [2.24, 2.45) is 4.99 Å². The number of aromatic nitrogens is 5. The summed E-state index contributed by atoms with van der Waals surface area (Å²) >= 11 is 0. The molecule has 4 rings (SSSR count). The van der Waals surface area contributed by atoms with Crippen LogP contribution in [0.4, 0.5) is 6.01 Å². The molecule has 10 nitrogen and oxygen atoms in total. The molecule has 1 atom stereocenters. The van der Waals surface area contributed by atoms with E-state index in [1.165, 1.54) is 22.1 Å². The molecular formula is C19H19N7O3. The van der Waals surface area contributed by atoms with Crippen LogP contribution in [-0.2, 0) is 6.42 Å². The van der Waals surface area contributed by atoms with E-state index in [0.29, 0.717) is 12.4 Å². The van der Waals surface area contributed by atoms with Gasteiger partial charge in [-0.1, -0.05) is 29.4 Å². The van der Waals surface area contributed by atoms with Gasteiger partial charge in [-0.3, -0.25) is 19.9 Å². The number of benzene rings is 1. The predicted octanol–water partition coefficient (Wildman–Crippen LogP) is 1.50. The maximum Gasteiger partial charge on any atom is 0.322 e. The molecule has 148 valence electrons. The lowest BCUT2D eigenvalue weighted by atomic mass is 9.96. The number of hydrogen-bond acceptors (Lipinski definition) is 8. The van der Waals surface area contributed by atoms with E-state index in [4.69, 9.17) is 4.42 Å². The highest BCUT2D eigenvalue weighted by molar-refractivity contribution is 6.01. The highest BCUT2D eigenvalue weighted by atomic mass is 16.4. The number of amides is 1. The average Bonchev–Trinajstić information content (AvgIpc) is 3.11. The van der Waals surface area contributed by atoms with Crippen molar-refractivity contribution >= 4 is 18.3 Å². The van der Waals surface area contributed by atoms with Crippen LogP contribution in [0.3, 0.4) is 0 Å². The van der Waals surface area contributed by atoms with Gasteiger partial charge >= 0.3 is 11.6 Å². The molecule has 0 saturated carbocycles. The minimum Gasteiger partial charge on any atom is -0.408 e. The fourth-order valence-corrected chi connectivity index (χ4v) is 3.19. The first-order chi connectivity index (χ1) is 14.0. The summed E-state index contributed by atoms with van der Waals surface area (Å²) in [6, 6.07) is 8.07. The van der Waals surface area contributed by atoms with Crippen LogP contribution in [0.25, 0.3) is 0 Å². The van der Waals surface area contributed by atoms with Gasteiger partial charge < -0.3 is 4.42 Å². The van der Waals surface area contributed by atoms with E-state index >= 15 is 0 Å². The zero-order chi connectivity index (χ0) is 20.4. The molecule has 29 heavy (non-hydrogen) atoms. The van der Waals surface area contributed by atoms with Crippen LogP contribution < -0.4 is 10.9 Å². The van der Waals surface area contributed by atoms with Crippen LogP contribution in [0.1, 0.15) is 45.7 Å². The second-order valence-electron chi connectivity index (χ2n) is 6.79. The Morgan fingerprint density at radius 3 is 2.86 bits per heavy atom. The Balaban J connectivity index is 1.55. The average molecular weight is 393 g/mol. The van der Waals surface area contributed by atoms with Gasteiger partial charge in [-0.25, -0.2) is 4.68 Å². The minimum absolute atomic E-state index is 0.0597. The third-order valence-corrected chi connectivity index (χ3v) is 4.73. The van der Waals surface area contributed by atoms with Gasteiger partial charge in [0.2, 0.25) is 11.6 Å². The topological polar surface area (TPSA) is 128 Å². The van der Waals surface area contributed by atoms with Crippen molar-refractivity contribution in [3.63, 3.8) is 0 Å². The SMILES string of the molecule is Cc1nnc(NC(=O)c2nn3c(nc2=O)C(CCc2ccccc2C)CN=C3)o1. The second kappa shape index (κ2) is 7.74. The molecule has 0 saturated heterocycles. The number of aryl methyl sites for hydroxylation is 3. The smallest absolute Gasteiger partial charge is 0.322 e. The molecule has 1 unspecified atom stereocenters. The van der Waals surface area contributed by atoms with Gasteiger partial charge in [0.25, 0.3) is 5.91 Å². The minimum atomic E-state index is -0.767. The van der Waals surface area contributed by atoms with Crippen LogP contribution in [0, 0.1) is 13.8 Å². The van der Waals surface area contributed by atoms with Crippen molar-refractivity contribution < 1.29 is 9.21 Å². The lowest BCUT2D eigenvalue weighted by molar-refractivity contribution is 0.101. The highest BCUT2D eigenvalue weighted by Crippen LogP contribution is 2.22. The molecule has 1 aliphatic rings. The molecule has 2 aromatic heterocycles. The molecular weight excluding hydrogens is 374 g/mol. The molecule has 0 fully saturated rings. The highest BCUT2D eigenvalue weighted by Gasteiger charge is 2.25. The third-order valence-electron chi connectivity index (χ3n) is 4.73. The number of anilines is 1. The molecule has 10 heteroatoms. The summed E-state index contributed by atoms with van der Waals surface area (Å²) in [5.74, 6) is -0.0339. The van der Waals surface area contributed by atoms with Crippen molar-refractivity contribution in [3.8, 4) is 0 Å². The van der Waals surface area contributed by atoms with Gasteiger partial charge in [0.05, 0.1) is 6.54 Å². The van der Waals surface area contributed by atoms with Gasteiger partial charge in [-0.15, -0.1) is 5.10 Å². The van der Waals surface area contributed by atoms with Crippen molar-refractivity contribution in [2.45, 2.75) is 32.6 Å². The monoisotopic (exact) mass is 393 g/mol. The lowest BCUT2D eigenvalue weighted by Gasteiger charge is -2.20. The number of hydrogen-bond donors (Lipinski definition) is 1. The fraction of sp³-hybridized carbons (Fsp3) is 0.316. The van der Waals surface area contributed by atoms with Crippen molar-refractivity contribution in [3.05, 3.63) is 63.2 Å². The van der Waals surface area contributed by atoms with Crippen LogP contribution in [0.15, 0.2) is 38.5 Å². The van der Waals surface area contributed by atoms with Gasteiger partial charge in [0.1, 0.15) is 12.2 Å². The zero-order valence-electron chi connectivity index (χ0n) is 16.0. The van der Waals surface area contributed by atoms with Crippen molar-refractivity contribution in [2.75, 3.05) is 11.9 Å². The Labute approximate surface area is 165 Å². The Morgan fingerprint density at radius 2 is 2.10 bits per heavy atom. The van der Waals surface area contributed by atoms with Crippen LogP contribution in [0.5, 0.6) is 0 Å². The molecule has 1 amide bonds. The van der Waals surface area contributed by atoms with E-state index in [-0.39, 0.29) is 23.5 Å². The van der Waals surface area contributed by atoms with Gasteiger partial charge in [0, 0.05) is 12.8 Å². The van der Waals surface area contributed by atoms with Gasteiger partial charge in [-0.2, -0.15) is 10.1 Å². The van der Waals surface area contributed by atoms with E-state index in [9.17, 15) is 9.59 Å². The Morgan fingerprint density at radius 1 is 1.28 bits per heavy atom. The van der Waals surface area contributed by atoms with E-state index in [2.05, 4.69) is 49.6 Å². The molecule has 0 aliphatic carbocycles. The number of carbonyl (C=O) groups excluding carboxylic acids is 1. The summed E-state index contributed by atoms with van der Waals surface area (Å²) in [5, 5.41) is 13.8. The zero-order valence-corrected chi connectivity index (χ0v) is 16.0. The number of nitrogens with zero attached hydrogens (tertiary/aromatic N) is 6. The quantitative estimate of drug-likeness (QED) is 0.695. The Kier molecular flexibility index (Phi) is 4.98. The summed E-state index contributed by atoms with van der Waals surface area (Å²) in [5.41, 5.74) is 1.39. The maximum absolute atomic E-state index is 12.4. The van der Waals surface area contributed by atoms with E-state index < -0.39 is 11.5 Å². The lowest BCUT2D eigenvalue weighted by Crippen LogP contribution is -2.34. The van der Waals surface area contributed by atoms with Crippen molar-refractivity contribution in [1.29, 1.82) is 0 Å². The summed E-state index contributed by atoms with van der Waals surface area (Å²) < 4.78 is 6.48. The molecule has 0 bridgehead atoms. The third kappa shape index (κ3) is 3.96. The van der Waals surface area contributed by atoms with Crippen molar-refractivity contribution in [1.82, 2.24) is 25.0 Å². The van der Waals surface area contributed by atoms with Gasteiger partial charge in [-0.05, 0) is 30.9 Å². The second-order valence-corrected chi connectivity index (χ2v) is 6.79. The first-order valence-electron chi connectivity index (χ1n) is 9.18. The number of nitrogens with one attached hydrogen (secondary N) is 1. The molecule has 1 aliphatic heterocycles. The Bertz CT molecular complexity index is 1150. The standard InChI is InChI=1S/C19H19N7O3/c1-11-5-3-4-6-13(11)7-8-14-9-20-10-26-16(14)21-17(27)15(25-26)18(28)22-19-24-23-12(2)29-19/h3-6,10,14H,7-9H2,1-2H3,(H,22,24,28). The van der Waals surface area contributed by atoms with E-state index in [0.717, 1.165) is 12.8 Å². The molecule has 3 heterocycles. The predicted molar refractivity (Wildman–Crippen MR) is 104 cm³/mol. The number of aliphatic imine (C=N–C) groups is 1. The normalized spacial score (nSPS) is 15.2. The van der Waals surface area contributed by atoms with E-state index in [1.54, 1.807) is 6.92 Å². The van der Waals surface area contributed by atoms with Crippen LogP contribution in [0.2, 0.25) is 0 Å². The van der Waals surface area contributed by atoms with Crippen LogP contribution >= 0.6 is 0 Å². The first-order valence-corrected chi connectivity index (χ1v) is 9.18. The summed E-state index contributed by atoms with van der Waals surface area (Å²) in [7, 11) is 0. The Hall–Kier alpha value is -3.69. The van der Waals surface area contributed by atoms with Gasteiger partial charge in [0.15, 0.2) is 0 Å². The maximum atomic E-state index is 12.4. The van der Waals surface area contributed by atoms with Crippen LogP contribution in [-0.4, -0.2) is 43.8 Å². The molecule has 0 radical (unpaired) electrons. The number of rotatable bonds is 5. The molecule has 0 spiro atoms. The molecule has 1 N–H and O–H groups in total. The molecule has 3 aromatic rings. The number of carbonyl (C=O) groups is 1. The number of fused-ring (bicyclic) bond motifs is 1. The largest absolute Gasteiger partial charge is 0.408 e. The van der Waals surface area contributed by atoms with E-state index in [1.807, 2.05) is 12.1 Å².